The summed E-state index contributed by atoms with van der Waals surface area (Å²) in [5, 5.41) is 34.3. The first-order valence-corrected chi connectivity index (χ1v) is 15.3. The van der Waals surface area contributed by atoms with Gasteiger partial charge in [0.25, 0.3) is 0 Å². The van der Waals surface area contributed by atoms with E-state index in [0.717, 1.165) is 0 Å². The van der Waals surface area contributed by atoms with Gasteiger partial charge >= 0.3 is 13.9 Å². The SMILES string of the molecule is C[C@@H]1C[C@H]2[C@@H]3CCC4=CC(=O)C=C[C@]4(C)[C@@]3(F)[C@@H](O)C[C@]2(C)[C@@]1(O)C(=O)COP(=O)(O)Oc1ccc(NC(=O)O)cc1. The van der Waals surface area contributed by atoms with Crippen molar-refractivity contribution in [2.75, 3.05) is 11.9 Å². The molecule has 42 heavy (non-hydrogen) atoms. The lowest BCUT2D eigenvalue weighted by Crippen LogP contribution is -2.69. The summed E-state index contributed by atoms with van der Waals surface area (Å²) in [6, 6.07) is 5.05. The Balaban J connectivity index is 1.34. The zero-order valence-corrected chi connectivity index (χ0v) is 24.3. The number of Topliss-reactive ketones (excluding diaryl/α,β-unsaturated/α-hetero) is 1. The number of hydrogen-bond acceptors (Lipinski definition) is 8. The smallest absolute Gasteiger partial charge is 0.465 e. The maximum Gasteiger partial charge on any atom is 0.527 e. The fraction of sp³-hybridized carbons (Fsp3) is 0.552. The number of fused-ring (bicyclic) bond motifs is 5. The van der Waals surface area contributed by atoms with E-state index >= 15 is 4.39 Å². The summed E-state index contributed by atoms with van der Waals surface area (Å²) in [5.74, 6) is -3.15. The predicted octanol–water partition coefficient (Wildman–Crippen LogP) is 4.19. The minimum absolute atomic E-state index is 0.128. The lowest BCUT2D eigenvalue weighted by molar-refractivity contribution is -0.219. The molecule has 5 rings (SSSR count). The van der Waals surface area contributed by atoms with Crippen molar-refractivity contribution >= 4 is 31.2 Å². The van der Waals surface area contributed by atoms with Gasteiger partial charge in [-0.25, -0.2) is 13.8 Å². The normalized spacial score (nSPS) is 40.2. The third-order valence-corrected chi connectivity index (χ3v) is 11.2. The number of anilines is 1. The molecule has 4 aliphatic rings. The highest BCUT2D eigenvalue weighted by Gasteiger charge is 2.75. The fourth-order valence-electron chi connectivity index (χ4n) is 8.27. The molecular weight excluding hydrogens is 572 g/mol. The van der Waals surface area contributed by atoms with Crippen molar-refractivity contribution in [3.63, 3.8) is 0 Å². The third-order valence-electron chi connectivity index (χ3n) is 10.3. The number of nitrogens with one attached hydrogen (secondary N) is 1. The monoisotopic (exact) mass is 607 g/mol. The van der Waals surface area contributed by atoms with E-state index in [0.29, 0.717) is 18.4 Å². The molecule has 0 aromatic heterocycles. The number of aliphatic hydroxyl groups excluding tert-OH is 1. The number of ketones is 2. The molecule has 0 heterocycles. The Morgan fingerprint density at radius 2 is 1.86 bits per heavy atom. The highest BCUT2D eigenvalue weighted by Crippen LogP contribution is 2.70. The van der Waals surface area contributed by atoms with E-state index in [4.69, 9.17) is 14.2 Å². The summed E-state index contributed by atoms with van der Waals surface area (Å²) in [5.41, 5.74) is -5.91. The van der Waals surface area contributed by atoms with Gasteiger partial charge in [0.1, 0.15) is 18.0 Å². The van der Waals surface area contributed by atoms with Crippen LogP contribution in [-0.4, -0.2) is 61.9 Å². The van der Waals surface area contributed by atoms with Gasteiger partial charge in [-0.2, -0.15) is 0 Å². The molecule has 3 saturated carbocycles. The van der Waals surface area contributed by atoms with Gasteiger partial charge in [-0.15, -0.1) is 0 Å². The molecule has 11 nitrogen and oxygen atoms in total. The molecule has 1 aromatic rings. The predicted molar refractivity (Wildman–Crippen MR) is 147 cm³/mol. The third kappa shape index (κ3) is 4.46. The molecule has 1 aromatic carbocycles. The summed E-state index contributed by atoms with van der Waals surface area (Å²) in [6.45, 7) is 4.01. The molecule has 4 aliphatic carbocycles. The Hall–Kier alpha value is -2.89. The summed E-state index contributed by atoms with van der Waals surface area (Å²) < 4.78 is 39.9. The first-order chi connectivity index (χ1) is 19.5. The molecule has 0 bridgehead atoms. The van der Waals surface area contributed by atoms with Crippen LogP contribution in [0.5, 0.6) is 5.75 Å². The molecule has 1 unspecified atom stereocenters. The van der Waals surface area contributed by atoms with Gasteiger partial charge < -0.3 is 19.8 Å². The second-order valence-electron chi connectivity index (χ2n) is 12.4. The number of carbonyl (C=O) groups excluding carboxylic acids is 2. The van der Waals surface area contributed by atoms with Crippen LogP contribution in [0.2, 0.25) is 0 Å². The van der Waals surface area contributed by atoms with Crippen molar-refractivity contribution in [1.29, 1.82) is 0 Å². The number of aliphatic hydroxyl groups is 2. The minimum atomic E-state index is -4.86. The van der Waals surface area contributed by atoms with Crippen LogP contribution in [0.15, 0.2) is 48.1 Å². The molecule has 228 valence electrons. The van der Waals surface area contributed by atoms with Gasteiger partial charge in [-0.1, -0.05) is 25.5 Å². The Bertz CT molecular complexity index is 1430. The molecular formula is C29H35FNO10P. The summed E-state index contributed by atoms with van der Waals surface area (Å²) >= 11 is 0. The van der Waals surface area contributed by atoms with Gasteiger partial charge in [0.2, 0.25) is 0 Å². The van der Waals surface area contributed by atoms with Crippen molar-refractivity contribution < 1.29 is 52.6 Å². The molecule has 0 radical (unpaired) electrons. The number of benzene rings is 1. The number of carbonyl (C=O) groups is 3. The Labute approximate surface area is 242 Å². The van der Waals surface area contributed by atoms with Gasteiger partial charge in [-0.3, -0.25) is 24.3 Å². The second-order valence-corrected chi connectivity index (χ2v) is 13.8. The number of halogens is 1. The number of phosphoric ester groups is 1. The van der Waals surface area contributed by atoms with E-state index in [9.17, 15) is 34.1 Å². The van der Waals surface area contributed by atoms with Crippen molar-refractivity contribution in [3.8, 4) is 5.75 Å². The maximum absolute atomic E-state index is 17.3. The number of phosphoric acid groups is 1. The number of carboxylic acid groups (broad SMARTS) is 1. The average molecular weight is 608 g/mol. The van der Waals surface area contributed by atoms with Gasteiger partial charge in [0.05, 0.1) is 6.10 Å². The lowest BCUT2D eigenvalue weighted by atomic mass is 9.44. The molecule has 0 spiro atoms. The Kier molecular flexibility index (Phi) is 7.34. The van der Waals surface area contributed by atoms with Crippen LogP contribution in [-0.2, 0) is 18.7 Å². The molecule has 0 saturated heterocycles. The zero-order chi connectivity index (χ0) is 30.9. The van der Waals surface area contributed by atoms with Crippen LogP contribution in [0, 0.1) is 28.6 Å². The summed E-state index contributed by atoms with van der Waals surface area (Å²) in [4.78, 5) is 46.6. The second kappa shape index (κ2) is 10.1. The largest absolute Gasteiger partial charge is 0.527 e. The van der Waals surface area contributed by atoms with Crippen LogP contribution in [0.1, 0.15) is 46.5 Å². The van der Waals surface area contributed by atoms with Crippen LogP contribution >= 0.6 is 7.82 Å². The molecule has 9 atom stereocenters. The molecule has 13 heteroatoms. The van der Waals surface area contributed by atoms with Crippen molar-refractivity contribution in [1.82, 2.24) is 0 Å². The highest BCUT2D eigenvalue weighted by molar-refractivity contribution is 7.47. The van der Waals surface area contributed by atoms with Crippen LogP contribution < -0.4 is 9.84 Å². The van der Waals surface area contributed by atoms with Crippen molar-refractivity contribution in [2.24, 2.45) is 28.6 Å². The van der Waals surface area contributed by atoms with Gasteiger partial charge in [0.15, 0.2) is 17.2 Å². The summed E-state index contributed by atoms with van der Waals surface area (Å²) in [6.07, 6.45) is 2.22. The van der Waals surface area contributed by atoms with Crippen LogP contribution in [0.3, 0.4) is 0 Å². The first-order valence-electron chi connectivity index (χ1n) is 13.8. The Morgan fingerprint density at radius 1 is 1.19 bits per heavy atom. The van der Waals surface area contributed by atoms with Crippen LogP contribution in [0.4, 0.5) is 14.9 Å². The van der Waals surface area contributed by atoms with Crippen molar-refractivity contribution in [2.45, 2.75) is 63.8 Å². The minimum Gasteiger partial charge on any atom is -0.465 e. The number of amides is 1. The van der Waals surface area contributed by atoms with E-state index in [1.165, 1.54) is 42.5 Å². The molecule has 0 aliphatic heterocycles. The van der Waals surface area contributed by atoms with Gasteiger partial charge in [-0.05, 0) is 80.9 Å². The number of rotatable bonds is 7. The average Bonchev–Trinajstić information content (AvgIpc) is 3.11. The quantitative estimate of drug-likeness (QED) is 0.282. The van der Waals surface area contributed by atoms with E-state index in [-0.39, 0.29) is 30.1 Å². The van der Waals surface area contributed by atoms with Crippen molar-refractivity contribution in [3.05, 3.63) is 48.1 Å². The number of hydrogen-bond donors (Lipinski definition) is 5. The topological polar surface area (TPSA) is 180 Å². The fourth-order valence-corrected chi connectivity index (χ4v) is 8.99. The molecule has 3 fully saturated rings. The van der Waals surface area contributed by atoms with Crippen LogP contribution in [0.25, 0.3) is 0 Å². The standard InChI is InChI=1S/C29H35FNO10P/c1-16-12-22-21-9-4-17-13-19(32)10-11-26(17,2)28(21,30)23(33)14-27(22,3)29(16,37)24(34)15-40-42(38,39)41-20-7-5-18(6-8-20)31-25(35)36/h5-8,10-11,13,16,21-23,31,33,37H,4,9,12,14-15H2,1-3H3,(H,35,36)(H,38,39)/t16-,21+,22+,23+,26+,27+,28+,29+/m1/s1. The highest BCUT2D eigenvalue weighted by atomic mass is 31.2. The van der Waals surface area contributed by atoms with E-state index in [1.54, 1.807) is 20.8 Å². The molecule has 5 N–H and O–H groups in total. The molecule has 1 amide bonds. The van der Waals surface area contributed by atoms with Gasteiger partial charge in [0, 0.05) is 22.4 Å². The lowest BCUT2D eigenvalue weighted by Gasteiger charge is -2.62. The zero-order valence-electron chi connectivity index (χ0n) is 23.4. The van der Waals surface area contributed by atoms with E-state index < -0.39 is 72.3 Å². The van der Waals surface area contributed by atoms with E-state index in [1.807, 2.05) is 0 Å². The maximum atomic E-state index is 17.3. The summed E-state index contributed by atoms with van der Waals surface area (Å²) in [7, 11) is -4.86. The Morgan fingerprint density at radius 3 is 2.50 bits per heavy atom. The number of allylic oxidation sites excluding steroid dienone is 4. The van der Waals surface area contributed by atoms with E-state index in [2.05, 4.69) is 5.32 Å². The number of alkyl halides is 1. The first kappa shape index (κ1) is 30.6.